The van der Waals surface area contributed by atoms with E-state index >= 15 is 0 Å². The molecule has 0 aliphatic carbocycles. The van der Waals surface area contributed by atoms with E-state index in [2.05, 4.69) is 27.7 Å². The first kappa shape index (κ1) is 16.9. The van der Waals surface area contributed by atoms with Crippen LogP contribution in [0.1, 0.15) is 59.8 Å². The Morgan fingerprint density at radius 3 is 1.59 bits per heavy atom. The van der Waals surface area contributed by atoms with Crippen LogP contribution in [0.15, 0.2) is 0 Å². The minimum Gasteiger partial charge on any atom is -0.379 e. The van der Waals surface area contributed by atoms with E-state index in [1.807, 2.05) is 0 Å². The zero-order valence-electron chi connectivity index (χ0n) is 12.3. The molecular formula is C15H32O2. The lowest BCUT2D eigenvalue weighted by atomic mass is 10.1. The van der Waals surface area contributed by atoms with Gasteiger partial charge in [-0.15, -0.1) is 0 Å². The summed E-state index contributed by atoms with van der Waals surface area (Å²) in [4.78, 5) is 0. The van der Waals surface area contributed by atoms with Crippen LogP contribution in [0, 0.1) is 11.8 Å². The van der Waals surface area contributed by atoms with Gasteiger partial charge < -0.3 is 9.47 Å². The molecule has 104 valence electrons. The number of ether oxygens (including phenoxy) is 2. The molecule has 0 heterocycles. The molecule has 0 N–H and O–H groups in total. The second-order valence-electron chi connectivity index (χ2n) is 5.65. The molecule has 2 heteroatoms. The van der Waals surface area contributed by atoms with Crippen molar-refractivity contribution in [2.24, 2.45) is 11.8 Å². The molecule has 0 aliphatic rings. The molecule has 0 unspecified atom stereocenters. The van der Waals surface area contributed by atoms with Gasteiger partial charge in [-0.1, -0.05) is 40.5 Å². The number of hydrogen-bond donors (Lipinski definition) is 0. The first-order valence-electron chi connectivity index (χ1n) is 7.28. The molecule has 0 aliphatic heterocycles. The molecule has 0 aromatic heterocycles. The van der Waals surface area contributed by atoms with Gasteiger partial charge in [-0.2, -0.15) is 0 Å². The highest BCUT2D eigenvalue weighted by atomic mass is 16.5. The lowest BCUT2D eigenvalue weighted by Crippen LogP contribution is -2.06. The molecule has 17 heavy (non-hydrogen) atoms. The Morgan fingerprint density at radius 1 is 0.588 bits per heavy atom. The van der Waals surface area contributed by atoms with Gasteiger partial charge in [0.1, 0.15) is 0 Å². The Labute approximate surface area is 108 Å². The van der Waals surface area contributed by atoms with Crippen molar-refractivity contribution in [3.63, 3.8) is 0 Å². The normalized spacial score (nSPS) is 11.6. The zero-order valence-corrected chi connectivity index (χ0v) is 12.3. The van der Waals surface area contributed by atoms with Gasteiger partial charge in [-0.3, -0.25) is 0 Å². The van der Waals surface area contributed by atoms with Gasteiger partial charge in [0.2, 0.25) is 0 Å². The SMILES string of the molecule is CC(C)CCCCOCCOCCCC(C)C. The average molecular weight is 244 g/mol. The maximum absolute atomic E-state index is 5.52. The van der Waals surface area contributed by atoms with Crippen molar-refractivity contribution < 1.29 is 9.47 Å². The highest BCUT2D eigenvalue weighted by Gasteiger charge is 1.96. The molecule has 0 saturated carbocycles. The minimum absolute atomic E-state index is 0.752. The number of unbranched alkanes of at least 4 members (excludes halogenated alkanes) is 1. The highest BCUT2D eigenvalue weighted by Crippen LogP contribution is 2.06. The topological polar surface area (TPSA) is 18.5 Å². The monoisotopic (exact) mass is 244 g/mol. The van der Waals surface area contributed by atoms with E-state index in [0.717, 1.165) is 38.3 Å². The fourth-order valence-corrected chi connectivity index (χ4v) is 1.67. The summed E-state index contributed by atoms with van der Waals surface area (Å²) in [5.41, 5.74) is 0. The van der Waals surface area contributed by atoms with Crippen LogP contribution >= 0.6 is 0 Å². The first-order chi connectivity index (χ1) is 8.13. The maximum Gasteiger partial charge on any atom is 0.0700 e. The molecule has 0 radical (unpaired) electrons. The lowest BCUT2D eigenvalue weighted by molar-refractivity contribution is 0.0441. The molecule has 0 aromatic carbocycles. The van der Waals surface area contributed by atoms with Gasteiger partial charge in [0.25, 0.3) is 0 Å². The van der Waals surface area contributed by atoms with Crippen molar-refractivity contribution in [1.29, 1.82) is 0 Å². The molecule has 0 aromatic rings. The van der Waals surface area contributed by atoms with Gasteiger partial charge >= 0.3 is 0 Å². The van der Waals surface area contributed by atoms with E-state index in [1.165, 1.54) is 32.1 Å². The predicted molar refractivity (Wildman–Crippen MR) is 74.4 cm³/mol. The first-order valence-corrected chi connectivity index (χ1v) is 7.28. The molecule has 0 bridgehead atoms. The number of rotatable bonds is 12. The summed E-state index contributed by atoms with van der Waals surface area (Å²) < 4.78 is 11.0. The van der Waals surface area contributed by atoms with E-state index in [1.54, 1.807) is 0 Å². The zero-order chi connectivity index (χ0) is 12.9. The van der Waals surface area contributed by atoms with E-state index in [4.69, 9.17) is 9.47 Å². The van der Waals surface area contributed by atoms with Crippen molar-refractivity contribution in [3.05, 3.63) is 0 Å². The second kappa shape index (κ2) is 12.4. The van der Waals surface area contributed by atoms with Gasteiger partial charge in [0.05, 0.1) is 13.2 Å². The second-order valence-corrected chi connectivity index (χ2v) is 5.65. The van der Waals surface area contributed by atoms with Crippen LogP contribution < -0.4 is 0 Å². The standard InChI is InChI=1S/C15H32O2/c1-14(2)8-5-6-10-16-12-13-17-11-7-9-15(3)4/h14-15H,5-13H2,1-4H3. The Bertz CT molecular complexity index is 128. The Kier molecular flexibility index (Phi) is 12.3. The Morgan fingerprint density at radius 2 is 1.06 bits per heavy atom. The van der Waals surface area contributed by atoms with Gasteiger partial charge in [0.15, 0.2) is 0 Å². The fourth-order valence-electron chi connectivity index (χ4n) is 1.67. The summed E-state index contributed by atoms with van der Waals surface area (Å²) in [5, 5.41) is 0. The molecule has 0 rings (SSSR count). The van der Waals surface area contributed by atoms with E-state index in [0.29, 0.717) is 0 Å². The van der Waals surface area contributed by atoms with Crippen molar-refractivity contribution in [2.45, 2.75) is 59.8 Å². The minimum atomic E-state index is 0.752. The summed E-state index contributed by atoms with van der Waals surface area (Å²) in [5.74, 6) is 1.61. The number of hydrogen-bond acceptors (Lipinski definition) is 2. The Hall–Kier alpha value is -0.0800. The van der Waals surface area contributed by atoms with Crippen LogP contribution in [-0.2, 0) is 9.47 Å². The lowest BCUT2D eigenvalue weighted by Gasteiger charge is -2.07. The molecule has 0 atom stereocenters. The molecule has 0 fully saturated rings. The maximum atomic E-state index is 5.52. The third-order valence-electron chi connectivity index (χ3n) is 2.76. The van der Waals surface area contributed by atoms with E-state index in [9.17, 15) is 0 Å². The molecule has 0 spiro atoms. The van der Waals surface area contributed by atoms with E-state index < -0.39 is 0 Å². The summed E-state index contributed by atoms with van der Waals surface area (Å²) >= 11 is 0. The van der Waals surface area contributed by atoms with Crippen molar-refractivity contribution in [3.8, 4) is 0 Å². The Balaban J connectivity index is 2.94. The van der Waals surface area contributed by atoms with Crippen molar-refractivity contribution >= 4 is 0 Å². The third-order valence-corrected chi connectivity index (χ3v) is 2.76. The average Bonchev–Trinajstić information content (AvgIpc) is 2.25. The largest absolute Gasteiger partial charge is 0.379 e. The fraction of sp³-hybridized carbons (Fsp3) is 1.00. The van der Waals surface area contributed by atoms with Gasteiger partial charge in [-0.05, 0) is 31.1 Å². The third kappa shape index (κ3) is 15.9. The summed E-state index contributed by atoms with van der Waals surface area (Å²) in [6, 6.07) is 0. The summed E-state index contributed by atoms with van der Waals surface area (Å²) in [6.45, 7) is 12.3. The van der Waals surface area contributed by atoms with Crippen LogP contribution in [0.3, 0.4) is 0 Å². The van der Waals surface area contributed by atoms with Crippen LogP contribution in [-0.4, -0.2) is 26.4 Å². The van der Waals surface area contributed by atoms with Crippen LogP contribution in [0.4, 0.5) is 0 Å². The van der Waals surface area contributed by atoms with E-state index in [-0.39, 0.29) is 0 Å². The van der Waals surface area contributed by atoms with Crippen molar-refractivity contribution in [1.82, 2.24) is 0 Å². The van der Waals surface area contributed by atoms with Gasteiger partial charge in [-0.25, -0.2) is 0 Å². The highest BCUT2D eigenvalue weighted by molar-refractivity contribution is 4.46. The molecular weight excluding hydrogens is 212 g/mol. The molecule has 0 saturated heterocycles. The predicted octanol–water partition coefficient (Wildman–Crippen LogP) is 4.28. The van der Waals surface area contributed by atoms with Crippen LogP contribution in [0.5, 0.6) is 0 Å². The van der Waals surface area contributed by atoms with Crippen molar-refractivity contribution in [2.75, 3.05) is 26.4 Å². The molecule has 0 amide bonds. The summed E-state index contributed by atoms with van der Waals surface area (Å²) in [6.07, 6.45) is 6.22. The molecule has 2 nitrogen and oxygen atoms in total. The van der Waals surface area contributed by atoms with Gasteiger partial charge in [0, 0.05) is 13.2 Å². The van der Waals surface area contributed by atoms with Crippen LogP contribution in [0.2, 0.25) is 0 Å². The smallest absolute Gasteiger partial charge is 0.0700 e. The van der Waals surface area contributed by atoms with Crippen LogP contribution in [0.25, 0.3) is 0 Å². The quantitative estimate of drug-likeness (QED) is 0.477. The summed E-state index contributed by atoms with van der Waals surface area (Å²) in [7, 11) is 0.